The van der Waals surface area contributed by atoms with Gasteiger partial charge in [0.2, 0.25) is 0 Å². The van der Waals surface area contributed by atoms with Crippen molar-refractivity contribution in [3.8, 4) is 0 Å². The van der Waals surface area contributed by atoms with Crippen LogP contribution in [0.4, 0.5) is 9.18 Å². The first-order chi connectivity index (χ1) is 12.4. The lowest BCUT2D eigenvalue weighted by Gasteiger charge is -2.33. The van der Waals surface area contributed by atoms with Crippen LogP contribution in [0.3, 0.4) is 0 Å². The lowest BCUT2D eigenvalue weighted by molar-refractivity contribution is -0.104. The van der Waals surface area contributed by atoms with E-state index < -0.39 is 17.2 Å². The molecule has 0 fully saturated rings. The number of allylic oxidation sites excluding steroid dienone is 1. The molecule has 1 aromatic carbocycles. The SMILES string of the molecule is C/C(C=O)=C1\C[C@@](C)(c2cc(C)ccc2F)N=C(NC(=O)OC(C)(C)C)S1. The number of hydrogen-bond donors (Lipinski definition) is 1. The molecule has 5 nitrogen and oxygen atoms in total. The van der Waals surface area contributed by atoms with Gasteiger partial charge in [0, 0.05) is 16.9 Å². The van der Waals surface area contributed by atoms with Crippen molar-refractivity contribution in [3.05, 3.63) is 45.6 Å². The molecule has 27 heavy (non-hydrogen) atoms. The molecule has 1 aromatic rings. The summed E-state index contributed by atoms with van der Waals surface area (Å²) in [7, 11) is 0. The molecule has 0 saturated carbocycles. The number of carbonyl (C=O) groups excluding carboxylic acids is 2. The maximum atomic E-state index is 14.5. The Morgan fingerprint density at radius 2 is 2.07 bits per heavy atom. The third-order valence-electron chi connectivity index (χ3n) is 4.00. The maximum Gasteiger partial charge on any atom is 0.413 e. The number of benzene rings is 1. The normalized spacial score (nSPS) is 22.0. The van der Waals surface area contributed by atoms with E-state index >= 15 is 0 Å². The number of aryl methyl sites for hydroxylation is 1. The lowest BCUT2D eigenvalue weighted by Crippen LogP contribution is -2.38. The molecule has 1 atom stereocenters. The van der Waals surface area contributed by atoms with Gasteiger partial charge in [-0.05, 0) is 53.2 Å². The Morgan fingerprint density at radius 3 is 2.67 bits per heavy atom. The Balaban J connectivity index is 2.47. The number of amidine groups is 1. The molecule has 0 radical (unpaired) electrons. The van der Waals surface area contributed by atoms with Crippen LogP contribution in [0, 0.1) is 12.7 Å². The van der Waals surface area contributed by atoms with Gasteiger partial charge in [0.1, 0.15) is 17.7 Å². The summed E-state index contributed by atoms with van der Waals surface area (Å²) in [6, 6.07) is 4.84. The van der Waals surface area contributed by atoms with E-state index in [-0.39, 0.29) is 11.0 Å². The number of aliphatic imine (C=N–C) groups is 1. The molecule has 0 spiro atoms. The van der Waals surface area contributed by atoms with Crippen LogP contribution in [-0.2, 0) is 15.1 Å². The van der Waals surface area contributed by atoms with Gasteiger partial charge in [0.05, 0.1) is 5.54 Å². The Labute approximate surface area is 163 Å². The number of aldehydes is 1. The highest BCUT2D eigenvalue weighted by Crippen LogP contribution is 2.43. The Hall–Kier alpha value is -2.15. The molecule has 2 rings (SSSR count). The highest BCUT2D eigenvalue weighted by molar-refractivity contribution is 8.17. The highest BCUT2D eigenvalue weighted by Gasteiger charge is 2.36. The largest absolute Gasteiger partial charge is 0.444 e. The number of ether oxygens (including phenoxy) is 1. The Morgan fingerprint density at radius 1 is 1.41 bits per heavy atom. The van der Waals surface area contributed by atoms with Crippen LogP contribution in [0.1, 0.15) is 52.2 Å². The molecule has 0 bridgehead atoms. The zero-order valence-corrected chi connectivity index (χ0v) is 17.3. The van der Waals surface area contributed by atoms with Crippen LogP contribution in [0.2, 0.25) is 0 Å². The quantitative estimate of drug-likeness (QED) is 0.578. The van der Waals surface area contributed by atoms with Crippen molar-refractivity contribution in [2.45, 2.75) is 59.1 Å². The minimum absolute atomic E-state index is 0.273. The molecule has 1 aliphatic heterocycles. The first-order valence-electron chi connectivity index (χ1n) is 8.63. The van der Waals surface area contributed by atoms with Crippen molar-refractivity contribution in [2.24, 2.45) is 4.99 Å². The summed E-state index contributed by atoms with van der Waals surface area (Å²) in [4.78, 5) is 28.8. The third kappa shape index (κ3) is 5.42. The first-order valence-corrected chi connectivity index (χ1v) is 9.44. The van der Waals surface area contributed by atoms with Crippen molar-refractivity contribution in [1.82, 2.24) is 5.32 Å². The molecule has 7 heteroatoms. The van der Waals surface area contributed by atoms with Crippen LogP contribution in [0.25, 0.3) is 0 Å². The number of nitrogens with one attached hydrogen (secondary N) is 1. The molecular formula is C20H25FN2O3S. The van der Waals surface area contributed by atoms with Gasteiger partial charge in [-0.1, -0.05) is 29.5 Å². The minimum atomic E-state index is -0.953. The fourth-order valence-electron chi connectivity index (χ4n) is 2.69. The second kappa shape index (κ2) is 7.84. The van der Waals surface area contributed by atoms with Crippen molar-refractivity contribution >= 4 is 29.3 Å². The van der Waals surface area contributed by atoms with Gasteiger partial charge in [-0.25, -0.2) is 9.18 Å². The Kier molecular flexibility index (Phi) is 6.14. The van der Waals surface area contributed by atoms with E-state index in [4.69, 9.17) is 4.74 Å². The molecule has 1 aliphatic rings. The molecule has 146 valence electrons. The van der Waals surface area contributed by atoms with Crippen LogP contribution in [0.5, 0.6) is 0 Å². The predicted molar refractivity (Wildman–Crippen MR) is 106 cm³/mol. The maximum absolute atomic E-state index is 14.5. The van der Waals surface area contributed by atoms with Crippen molar-refractivity contribution in [3.63, 3.8) is 0 Å². The number of amides is 1. The van der Waals surface area contributed by atoms with E-state index in [0.29, 0.717) is 17.6 Å². The van der Waals surface area contributed by atoms with E-state index in [2.05, 4.69) is 10.3 Å². The summed E-state index contributed by atoms with van der Waals surface area (Å²) >= 11 is 1.19. The number of carbonyl (C=O) groups is 2. The summed E-state index contributed by atoms with van der Waals surface area (Å²) in [5.74, 6) is -0.376. The van der Waals surface area contributed by atoms with Gasteiger partial charge in [-0.15, -0.1) is 0 Å². The van der Waals surface area contributed by atoms with Gasteiger partial charge in [-0.3, -0.25) is 15.1 Å². The number of alkyl carbamates (subject to hydrolysis) is 1. The molecule has 1 heterocycles. The smallest absolute Gasteiger partial charge is 0.413 e. The van der Waals surface area contributed by atoms with Crippen LogP contribution in [-0.4, -0.2) is 23.1 Å². The second-order valence-electron chi connectivity index (χ2n) is 7.80. The van der Waals surface area contributed by atoms with Crippen LogP contribution < -0.4 is 5.32 Å². The monoisotopic (exact) mass is 392 g/mol. The topological polar surface area (TPSA) is 67.8 Å². The fraction of sp³-hybridized carbons (Fsp3) is 0.450. The molecule has 1 N–H and O–H groups in total. The van der Waals surface area contributed by atoms with Gasteiger partial charge < -0.3 is 4.74 Å². The van der Waals surface area contributed by atoms with E-state index in [1.165, 1.54) is 17.8 Å². The predicted octanol–water partition coefficient (Wildman–Crippen LogP) is 4.84. The molecule has 0 aromatic heterocycles. The molecule has 1 amide bonds. The van der Waals surface area contributed by atoms with E-state index in [9.17, 15) is 14.0 Å². The number of halogens is 1. The van der Waals surface area contributed by atoms with Crippen molar-refractivity contribution in [2.75, 3.05) is 0 Å². The zero-order chi connectivity index (χ0) is 20.4. The summed E-state index contributed by atoms with van der Waals surface area (Å²) in [5, 5.41) is 2.90. The number of hydrogen-bond acceptors (Lipinski definition) is 5. The van der Waals surface area contributed by atoms with Gasteiger partial charge in [0.15, 0.2) is 5.17 Å². The van der Waals surface area contributed by atoms with E-state index in [1.807, 2.05) is 6.92 Å². The third-order valence-corrected chi connectivity index (χ3v) is 5.10. The number of rotatable bonds is 2. The average molecular weight is 392 g/mol. The summed E-state index contributed by atoms with van der Waals surface area (Å²) in [5.41, 5.74) is 0.235. The second-order valence-corrected chi connectivity index (χ2v) is 8.89. The van der Waals surface area contributed by atoms with Gasteiger partial charge >= 0.3 is 6.09 Å². The summed E-state index contributed by atoms with van der Waals surface area (Å²) in [6.07, 6.45) is 0.472. The van der Waals surface area contributed by atoms with Gasteiger partial charge in [0.25, 0.3) is 0 Å². The number of nitrogens with zero attached hydrogens (tertiary/aromatic N) is 1. The standard InChI is InChI=1S/C20H25FN2O3S/c1-12-7-8-15(21)14(9-12)20(6)10-16(13(2)11-24)27-17(23-20)22-18(25)26-19(3,4)5/h7-9,11H,10H2,1-6H3,(H,22,23,25)/b16-13-/t20-/m0/s1. The zero-order valence-electron chi connectivity index (χ0n) is 16.5. The van der Waals surface area contributed by atoms with Crippen molar-refractivity contribution in [1.29, 1.82) is 0 Å². The average Bonchev–Trinajstić information content (AvgIpc) is 2.53. The van der Waals surface area contributed by atoms with Gasteiger partial charge in [-0.2, -0.15) is 0 Å². The number of thioether (sulfide) groups is 1. The van der Waals surface area contributed by atoms with E-state index in [0.717, 1.165) is 16.8 Å². The summed E-state index contributed by atoms with van der Waals surface area (Å²) in [6.45, 7) is 10.6. The van der Waals surface area contributed by atoms with Crippen LogP contribution >= 0.6 is 11.8 Å². The fourth-order valence-corrected chi connectivity index (χ4v) is 3.87. The molecular weight excluding hydrogens is 367 g/mol. The highest BCUT2D eigenvalue weighted by atomic mass is 32.2. The molecule has 0 saturated heterocycles. The molecule has 0 unspecified atom stereocenters. The van der Waals surface area contributed by atoms with Crippen molar-refractivity contribution < 1.29 is 18.7 Å². The first kappa shape index (κ1) is 21.2. The Bertz CT molecular complexity index is 827. The van der Waals surface area contributed by atoms with E-state index in [1.54, 1.807) is 46.8 Å². The lowest BCUT2D eigenvalue weighted by atomic mass is 9.87. The van der Waals surface area contributed by atoms with Crippen LogP contribution in [0.15, 0.2) is 33.7 Å². The molecule has 0 aliphatic carbocycles. The minimum Gasteiger partial charge on any atom is -0.444 e. The summed E-state index contributed by atoms with van der Waals surface area (Å²) < 4.78 is 19.8.